The van der Waals surface area contributed by atoms with Crippen molar-refractivity contribution in [1.82, 2.24) is 4.90 Å². The maximum atomic E-state index is 10.8. The number of rotatable bonds is 9. The smallest absolute Gasteiger partial charge is 0.339 e. The minimum atomic E-state index is -4.35. The number of carbonyl (C=O) groups is 1. The van der Waals surface area contributed by atoms with Gasteiger partial charge in [-0.05, 0) is 6.92 Å². The van der Waals surface area contributed by atoms with Crippen LogP contribution >= 0.6 is 7.60 Å². The first kappa shape index (κ1) is 16.5. The average Bonchev–Trinajstić information content (AvgIpc) is 2.10. The van der Waals surface area contributed by atoms with Crippen molar-refractivity contribution in [2.45, 2.75) is 13.0 Å². The summed E-state index contributed by atoms with van der Waals surface area (Å²) in [5, 5.41) is 18.0. The third-order valence-corrected chi connectivity index (χ3v) is 2.49. The van der Waals surface area contributed by atoms with E-state index in [0.29, 0.717) is 6.61 Å². The Morgan fingerprint density at radius 3 is 2.47 bits per heavy atom. The van der Waals surface area contributed by atoms with Gasteiger partial charge in [-0.1, -0.05) is 0 Å². The van der Waals surface area contributed by atoms with E-state index in [1.54, 1.807) is 6.92 Å². The molecule has 0 aliphatic carbocycles. The van der Waals surface area contributed by atoms with Crippen LogP contribution in [-0.4, -0.2) is 69.6 Å². The number of hydrogen-bond donors (Lipinski definition) is 4. The zero-order valence-corrected chi connectivity index (χ0v) is 10.4. The van der Waals surface area contributed by atoms with Gasteiger partial charge in [0, 0.05) is 13.2 Å². The van der Waals surface area contributed by atoms with E-state index < -0.39 is 32.5 Å². The second-order valence-corrected chi connectivity index (χ2v) is 5.14. The minimum Gasteiger partial charge on any atom is -0.480 e. The maximum absolute atomic E-state index is 10.8. The molecule has 0 aliphatic heterocycles. The maximum Gasteiger partial charge on any atom is 0.339 e. The van der Waals surface area contributed by atoms with Gasteiger partial charge in [0.2, 0.25) is 0 Å². The summed E-state index contributed by atoms with van der Waals surface area (Å²) in [7, 11) is -4.35. The molecular weight excluding hydrogens is 253 g/mol. The van der Waals surface area contributed by atoms with E-state index in [1.165, 1.54) is 0 Å². The van der Waals surface area contributed by atoms with E-state index in [2.05, 4.69) is 0 Å². The molecule has 0 saturated carbocycles. The highest BCUT2D eigenvalue weighted by Crippen LogP contribution is 2.34. The van der Waals surface area contributed by atoms with Crippen LogP contribution in [-0.2, 0) is 14.1 Å². The van der Waals surface area contributed by atoms with Gasteiger partial charge >= 0.3 is 13.6 Å². The fourth-order valence-electron chi connectivity index (χ4n) is 1.23. The summed E-state index contributed by atoms with van der Waals surface area (Å²) in [6.45, 7) is 1.41. The lowest BCUT2D eigenvalue weighted by Gasteiger charge is -2.23. The van der Waals surface area contributed by atoms with E-state index in [0.717, 1.165) is 4.90 Å². The van der Waals surface area contributed by atoms with Crippen LogP contribution in [0.2, 0.25) is 0 Å². The first-order valence-corrected chi connectivity index (χ1v) is 6.79. The summed E-state index contributed by atoms with van der Waals surface area (Å²) >= 11 is 0. The standard InChI is InChI=1S/C8H18NO7P/c1-2-16-5-7(10)3-9(4-8(11)12)6-17(13,14)15/h7,10H,2-6H2,1H3,(H,11,12)(H2,13,14,15). The molecule has 102 valence electrons. The Hall–Kier alpha value is -0.500. The third kappa shape index (κ3) is 10.4. The van der Waals surface area contributed by atoms with E-state index in [4.69, 9.17) is 19.6 Å². The van der Waals surface area contributed by atoms with E-state index in [1.807, 2.05) is 0 Å². The summed E-state index contributed by atoms with van der Waals surface area (Å²) in [6, 6.07) is 0. The summed E-state index contributed by atoms with van der Waals surface area (Å²) in [5.74, 6) is -1.22. The lowest BCUT2D eigenvalue weighted by molar-refractivity contribution is -0.138. The van der Waals surface area contributed by atoms with Crippen LogP contribution in [0.25, 0.3) is 0 Å². The summed E-state index contributed by atoms with van der Waals surface area (Å²) in [4.78, 5) is 29.0. The molecule has 0 heterocycles. The Balaban J connectivity index is 4.27. The molecule has 0 fully saturated rings. The Kier molecular flexibility index (Phi) is 7.53. The van der Waals surface area contributed by atoms with Crippen LogP contribution in [0.1, 0.15) is 6.92 Å². The van der Waals surface area contributed by atoms with E-state index >= 15 is 0 Å². The largest absolute Gasteiger partial charge is 0.480 e. The molecular formula is C8H18NO7P. The van der Waals surface area contributed by atoms with Crippen molar-refractivity contribution in [1.29, 1.82) is 0 Å². The normalized spacial score (nSPS) is 13.9. The van der Waals surface area contributed by atoms with Crippen molar-refractivity contribution in [2.75, 3.05) is 32.6 Å². The van der Waals surface area contributed by atoms with Crippen molar-refractivity contribution in [3.05, 3.63) is 0 Å². The molecule has 0 spiro atoms. The minimum absolute atomic E-state index is 0.00617. The van der Waals surface area contributed by atoms with Crippen LogP contribution in [0, 0.1) is 0 Å². The molecule has 0 aromatic rings. The zero-order valence-electron chi connectivity index (χ0n) is 9.52. The van der Waals surface area contributed by atoms with E-state index in [-0.39, 0.29) is 13.2 Å². The number of aliphatic hydroxyl groups is 1. The van der Waals surface area contributed by atoms with Crippen LogP contribution in [0.4, 0.5) is 0 Å². The molecule has 0 radical (unpaired) electrons. The summed E-state index contributed by atoms with van der Waals surface area (Å²) in [6.07, 6.45) is -1.69. The van der Waals surface area contributed by atoms with Crippen LogP contribution < -0.4 is 0 Å². The molecule has 4 N–H and O–H groups in total. The highest BCUT2D eigenvalue weighted by Gasteiger charge is 2.23. The molecule has 17 heavy (non-hydrogen) atoms. The van der Waals surface area contributed by atoms with Crippen LogP contribution in [0.3, 0.4) is 0 Å². The number of carboxylic acids is 1. The molecule has 1 unspecified atom stereocenters. The van der Waals surface area contributed by atoms with Gasteiger partial charge in [-0.3, -0.25) is 14.3 Å². The molecule has 0 aromatic heterocycles. The van der Waals surface area contributed by atoms with Crippen molar-refractivity contribution >= 4 is 13.6 Å². The molecule has 1 atom stereocenters. The number of aliphatic hydroxyl groups excluding tert-OH is 1. The topological polar surface area (TPSA) is 128 Å². The van der Waals surface area contributed by atoms with Gasteiger partial charge in [-0.15, -0.1) is 0 Å². The molecule has 9 heteroatoms. The van der Waals surface area contributed by atoms with Crippen LogP contribution in [0.5, 0.6) is 0 Å². The van der Waals surface area contributed by atoms with Crippen molar-refractivity contribution in [3.63, 3.8) is 0 Å². The molecule has 0 aromatic carbocycles. The highest BCUT2D eigenvalue weighted by atomic mass is 31.2. The lowest BCUT2D eigenvalue weighted by Crippen LogP contribution is -2.38. The predicted molar refractivity (Wildman–Crippen MR) is 58.6 cm³/mol. The predicted octanol–water partition coefficient (Wildman–Crippen LogP) is -1.09. The Morgan fingerprint density at radius 2 is 2.06 bits per heavy atom. The Morgan fingerprint density at radius 1 is 1.47 bits per heavy atom. The van der Waals surface area contributed by atoms with Gasteiger partial charge in [0.05, 0.1) is 19.3 Å². The fraction of sp³-hybridized carbons (Fsp3) is 0.875. The van der Waals surface area contributed by atoms with Gasteiger partial charge in [-0.2, -0.15) is 0 Å². The molecule has 8 nitrogen and oxygen atoms in total. The summed E-state index contributed by atoms with van der Waals surface area (Å²) in [5.41, 5.74) is 0. The number of ether oxygens (including phenoxy) is 1. The van der Waals surface area contributed by atoms with Gasteiger partial charge < -0.3 is 24.7 Å². The first-order chi connectivity index (χ1) is 7.74. The second-order valence-electron chi connectivity index (χ2n) is 3.52. The highest BCUT2D eigenvalue weighted by molar-refractivity contribution is 7.51. The second kappa shape index (κ2) is 7.75. The van der Waals surface area contributed by atoms with Gasteiger partial charge in [0.15, 0.2) is 0 Å². The summed E-state index contributed by atoms with van der Waals surface area (Å²) < 4.78 is 15.7. The first-order valence-electron chi connectivity index (χ1n) is 4.99. The quantitative estimate of drug-likeness (QED) is 0.389. The van der Waals surface area contributed by atoms with Crippen LogP contribution in [0.15, 0.2) is 0 Å². The van der Waals surface area contributed by atoms with Gasteiger partial charge in [-0.25, -0.2) is 0 Å². The number of carboxylic acid groups (broad SMARTS) is 1. The number of aliphatic carboxylic acids is 1. The van der Waals surface area contributed by atoms with Gasteiger partial charge in [0.1, 0.15) is 6.29 Å². The zero-order chi connectivity index (χ0) is 13.5. The van der Waals surface area contributed by atoms with E-state index in [9.17, 15) is 14.5 Å². The SMILES string of the molecule is CCOCC(O)CN(CC(=O)O)CP(=O)(O)O. The molecule has 0 rings (SSSR count). The van der Waals surface area contributed by atoms with Crippen molar-refractivity contribution < 1.29 is 34.1 Å². The number of nitrogens with zero attached hydrogens (tertiary/aromatic N) is 1. The molecule has 0 bridgehead atoms. The monoisotopic (exact) mass is 271 g/mol. The Bertz CT molecular complexity index is 279. The number of hydrogen-bond acceptors (Lipinski definition) is 5. The molecule has 0 aliphatic rings. The molecule has 0 saturated heterocycles. The van der Waals surface area contributed by atoms with Crippen molar-refractivity contribution in [3.8, 4) is 0 Å². The fourth-order valence-corrected chi connectivity index (χ4v) is 1.97. The average molecular weight is 271 g/mol. The van der Waals surface area contributed by atoms with Gasteiger partial charge in [0.25, 0.3) is 0 Å². The third-order valence-electron chi connectivity index (χ3n) is 1.73. The lowest BCUT2D eigenvalue weighted by atomic mass is 10.3. The Labute approximate surface area is 99.0 Å². The molecule has 0 amide bonds. The van der Waals surface area contributed by atoms with Crippen molar-refractivity contribution in [2.24, 2.45) is 0 Å².